The second-order valence-corrected chi connectivity index (χ2v) is 13.0. The van der Waals surface area contributed by atoms with E-state index in [2.05, 4.69) is 160 Å². The van der Waals surface area contributed by atoms with Crippen molar-refractivity contribution in [1.82, 2.24) is 9.97 Å². The van der Waals surface area contributed by atoms with Gasteiger partial charge in [-0.25, -0.2) is 0 Å². The summed E-state index contributed by atoms with van der Waals surface area (Å²) in [6.45, 7) is 10.9. The third-order valence-electron chi connectivity index (χ3n) is 7.87. The molecule has 0 atom stereocenters. The molecule has 0 aliphatic carbocycles. The van der Waals surface area contributed by atoms with E-state index in [0.717, 1.165) is 34.5 Å². The SMILES string of the molecule is Cc1c[c-]c(-c2ccc(CC(C)(C)C)cn2)cc1.Cc1ccc(-c2[c-]ccc(-c3cc4ccccc4c4ccccc34)c2)nc1.[Ir]. The molecule has 0 bridgehead atoms. The molecule has 0 aliphatic rings. The van der Waals surface area contributed by atoms with Crippen molar-refractivity contribution in [3.63, 3.8) is 0 Å². The topological polar surface area (TPSA) is 25.8 Å². The number of aryl methyl sites for hydroxylation is 2. The van der Waals surface area contributed by atoms with Gasteiger partial charge in [0.25, 0.3) is 0 Å². The van der Waals surface area contributed by atoms with Crippen molar-refractivity contribution in [2.75, 3.05) is 0 Å². The normalized spacial score (nSPS) is 11.1. The molecule has 2 aromatic heterocycles. The van der Waals surface area contributed by atoms with Crippen LogP contribution in [-0.2, 0) is 26.5 Å². The second kappa shape index (κ2) is 14.3. The van der Waals surface area contributed by atoms with Gasteiger partial charge in [0, 0.05) is 32.5 Å². The first-order valence-corrected chi connectivity index (χ1v) is 15.5. The number of fused-ring (bicyclic) bond motifs is 3. The van der Waals surface area contributed by atoms with Crippen molar-refractivity contribution >= 4 is 21.5 Å². The molecule has 5 aromatic carbocycles. The van der Waals surface area contributed by atoms with E-state index in [9.17, 15) is 0 Å². The van der Waals surface area contributed by atoms with Gasteiger partial charge in [-0.1, -0.05) is 100 Å². The Labute approximate surface area is 287 Å². The van der Waals surface area contributed by atoms with Crippen LogP contribution in [0.15, 0.2) is 128 Å². The summed E-state index contributed by atoms with van der Waals surface area (Å²) in [6.07, 6.45) is 4.94. The third kappa shape index (κ3) is 7.85. The zero-order valence-corrected chi connectivity index (χ0v) is 29.5. The second-order valence-electron chi connectivity index (χ2n) is 13.0. The standard InChI is InChI=1S/C26H18N.C17H20N.Ir/c1-18-13-14-26(27-17-18)21-9-6-8-19(15-21)25-16-20-7-2-3-10-22(20)23-11-4-5-12-24(23)25;1-13-5-8-15(9-6-13)16-10-7-14(12-18-16)11-17(2,3)4;/h2-8,10-17H,1H3;5-8,10,12H,11H2,1-4H3;/q2*-1;. The van der Waals surface area contributed by atoms with Gasteiger partial charge in [-0.15, -0.1) is 70.8 Å². The van der Waals surface area contributed by atoms with E-state index in [4.69, 9.17) is 0 Å². The molecule has 0 unspecified atom stereocenters. The first-order chi connectivity index (χ1) is 21.7. The Hall–Kier alpha value is -4.43. The van der Waals surface area contributed by atoms with Crippen LogP contribution in [0.4, 0.5) is 0 Å². The number of rotatable bonds is 4. The summed E-state index contributed by atoms with van der Waals surface area (Å²) in [5.74, 6) is 0. The fourth-order valence-corrected chi connectivity index (χ4v) is 5.66. The molecule has 0 saturated heterocycles. The minimum atomic E-state index is 0. The monoisotopic (exact) mass is 775 g/mol. The van der Waals surface area contributed by atoms with Gasteiger partial charge in [0.2, 0.25) is 0 Å². The van der Waals surface area contributed by atoms with Crippen molar-refractivity contribution in [3.05, 3.63) is 156 Å². The quantitative estimate of drug-likeness (QED) is 0.131. The van der Waals surface area contributed by atoms with Crippen LogP contribution in [0.25, 0.3) is 55.2 Å². The van der Waals surface area contributed by atoms with Crippen molar-refractivity contribution in [2.45, 2.75) is 41.0 Å². The molecule has 46 heavy (non-hydrogen) atoms. The van der Waals surface area contributed by atoms with Crippen molar-refractivity contribution in [3.8, 4) is 33.6 Å². The number of benzene rings is 5. The van der Waals surface area contributed by atoms with Crippen LogP contribution in [0, 0.1) is 31.4 Å². The summed E-state index contributed by atoms with van der Waals surface area (Å²) in [7, 11) is 0. The summed E-state index contributed by atoms with van der Waals surface area (Å²) in [4.78, 5) is 9.10. The first kappa shape index (κ1) is 32.9. The van der Waals surface area contributed by atoms with Gasteiger partial charge in [-0.2, -0.15) is 0 Å². The number of pyridine rings is 2. The van der Waals surface area contributed by atoms with E-state index in [1.54, 1.807) is 0 Å². The molecule has 1 radical (unpaired) electrons. The van der Waals surface area contributed by atoms with Gasteiger partial charge in [0.05, 0.1) is 0 Å². The zero-order chi connectivity index (χ0) is 31.4. The van der Waals surface area contributed by atoms with Crippen LogP contribution in [0.5, 0.6) is 0 Å². The van der Waals surface area contributed by atoms with E-state index in [0.29, 0.717) is 5.41 Å². The molecular weight excluding hydrogens is 737 g/mol. The van der Waals surface area contributed by atoms with Crippen LogP contribution >= 0.6 is 0 Å². The molecule has 2 nitrogen and oxygen atoms in total. The number of aromatic nitrogens is 2. The maximum Gasteiger partial charge on any atom is 0.0193 e. The third-order valence-corrected chi connectivity index (χ3v) is 7.87. The molecule has 0 saturated carbocycles. The number of hydrogen-bond acceptors (Lipinski definition) is 2. The average molecular weight is 775 g/mol. The van der Waals surface area contributed by atoms with Gasteiger partial charge in [-0.3, -0.25) is 0 Å². The Morgan fingerprint density at radius 1 is 0.609 bits per heavy atom. The van der Waals surface area contributed by atoms with Crippen LogP contribution in [0.2, 0.25) is 0 Å². The van der Waals surface area contributed by atoms with Crippen molar-refractivity contribution < 1.29 is 20.1 Å². The average Bonchev–Trinajstić information content (AvgIpc) is 3.05. The Kier molecular flexibility index (Phi) is 10.3. The predicted molar refractivity (Wildman–Crippen MR) is 190 cm³/mol. The Bertz CT molecular complexity index is 2050. The smallest absolute Gasteiger partial charge is 0.0193 e. The fourth-order valence-electron chi connectivity index (χ4n) is 5.66. The van der Waals surface area contributed by atoms with Gasteiger partial charge < -0.3 is 9.97 Å². The molecule has 0 amide bonds. The van der Waals surface area contributed by atoms with Crippen LogP contribution in [0.3, 0.4) is 0 Å². The maximum absolute atomic E-state index is 4.56. The minimum absolute atomic E-state index is 0. The number of hydrogen-bond donors (Lipinski definition) is 0. The van der Waals surface area contributed by atoms with Crippen molar-refractivity contribution in [1.29, 1.82) is 0 Å². The van der Waals surface area contributed by atoms with Crippen LogP contribution in [-0.4, -0.2) is 9.97 Å². The van der Waals surface area contributed by atoms with E-state index >= 15 is 0 Å². The first-order valence-electron chi connectivity index (χ1n) is 15.5. The van der Waals surface area contributed by atoms with E-state index in [1.807, 2.05) is 24.5 Å². The molecule has 7 rings (SSSR count). The molecular formula is C43H38IrN2-2. The van der Waals surface area contributed by atoms with Gasteiger partial charge in [0.15, 0.2) is 0 Å². The Morgan fingerprint density at radius 2 is 1.28 bits per heavy atom. The van der Waals surface area contributed by atoms with E-state index in [-0.39, 0.29) is 20.1 Å². The summed E-state index contributed by atoms with van der Waals surface area (Å²) in [5, 5.41) is 5.10. The van der Waals surface area contributed by atoms with E-state index in [1.165, 1.54) is 43.8 Å². The van der Waals surface area contributed by atoms with E-state index < -0.39 is 0 Å². The van der Waals surface area contributed by atoms with Crippen molar-refractivity contribution in [2.24, 2.45) is 5.41 Å². The Morgan fingerprint density at radius 3 is 1.96 bits per heavy atom. The largest absolute Gasteiger partial charge is 0.304 e. The zero-order valence-electron chi connectivity index (χ0n) is 27.1. The predicted octanol–water partition coefficient (Wildman–Crippen LogP) is 11.3. The van der Waals surface area contributed by atoms with Gasteiger partial charge in [-0.05, 0) is 74.4 Å². The summed E-state index contributed by atoms with van der Waals surface area (Å²) in [6, 6.07) is 47.0. The fraction of sp³-hybridized carbons (Fsp3) is 0.163. The number of nitrogens with zero attached hydrogens (tertiary/aromatic N) is 2. The summed E-state index contributed by atoms with van der Waals surface area (Å²) < 4.78 is 0. The molecule has 231 valence electrons. The molecule has 3 heteroatoms. The summed E-state index contributed by atoms with van der Waals surface area (Å²) >= 11 is 0. The van der Waals surface area contributed by atoms with Gasteiger partial charge >= 0.3 is 0 Å². The molecule has 0 fully saturated rings. The minimum Gasteiger partial charge on any atom is -0.304 e. The van der Waals surface area contributed by atoms with Gasteiger partial charge in [0.1, 0.15) is 0 Å². The van der Waals surface area contributed by atoms with Crippen LogP contribution in [0.1, 0.15) is 37.5 Å². The maximum atomic E-state index is 4.56. The molecule has 0 aliphatic heterocycles. The van der Waals surface area contributed by atoms with Crippen LogP contribution < -0.4 is 0 Å². The summed E-state index contributed by atoms with van der Waals surface area (Å²) in [5.41, 5.74) is 10.4. The molecule has 0 N–H and O–H groups in total. The molecule has 2 heterocycles. The molecule has 0 spiro atoms. The Balaban J connectivity index is 0.000000193. The molecule has 7 aromatic rings.